The summed E-state index contributed by atoms with van der Waals surface area (Å²) in [5, 5.41) is 0. The third-order valence-corrected chi connectivity index (χ3v) is 4.59. The fraction of sp³-hybridized carbons (Fsp3) is 0.474. The number of anilines is 1. The molecule has 0 atom stereocenters. The average molecular weight is 359 g/mol. The lowest BCUT2D eigenvalue weighted by molar-refractivity contribution is -0.138. The second-order valence-corrected chi connectivity index (χ2v) is 6.41. The van der Waals surface area contributed by atoms with Crippen LogP contribution in [-0.2, 0) is 14.4 Å². The minimum Gasteiger partial charge on any atom is -0.339 e. The summed E-state index contributed by atoms with van der Waals surface area (Å²) in [5.41, 5.74) is 1.24. The number of carbonyl (C=O) groups excluding carboxylic acids is 4. The zero-order valence-electron chi connectivity index (χ0n) is 15.5. The lowest BCUT2D eigenvalue weighted by Gasteiger charge is -2.34. The number of carbonyl (C=O) groups is 4. The van der Waals surface area contributed by atoms with Crippen molar-refractivity contribution in [1.29, 1.82) is 0 Å². The van der Waals surface area contributed by atoms with Crippen LogP contribution in [0.25, 0.3) is 0 Å². The van der Waals surface area contributed by atoms with E-state index in [0.717, 1.165) is 0 Å². The smallest absolute Gasteiger partial charge is 0.224 e. The third-order valence-electron chi connectivity index (χ3n) is 4.59. The summed E-state index contributed by atoms with van der Waals surface area (Å²) in [5.74, 6) is -0.200. The van der Waals surface area contributed by atoms with E-state index in [1.807, 2.05) is 0 Å². The van der Waals surface area contributed by atoms with Gasteiger partial charge in [0.25, 0.3) is 0 Å². The molecule has 1 heterocycles. The molecule has 1 saturated heterocycles. The molecule has 3 amide bonds. The van der Waals surface area contributed by atoms with Gasteiger partial charge in [-0.2, -0.15) is 0 Å². The highest BCUT2D eigenvalue weighted by atomic mass is 16.2. The van der Waals surface area contributed by atoms with E-state index in [2.05, 4.69) is 0 Å². The number of nitrogens with zero attached hydrogens (tertiary/aromatic N) is 3. The van der Waals surface area contributed by atoms with E-state index in [4.69, 9.17) is 0 Å². The van der Waals surface area contributed by atoms with Gasteiger partial charge < -0.3 is 14.7 Å². The van der Waals surface area contributed by atoms with E-state index < -0.39 is 0 Å². The number of benzene rings is 1. The van der Waals surface area contributed by atoms with Crippen LogP contribution in [0.3, 0.4) is 0 Å². The van der Waals surface area contributed by atoms with Gasteiger partial charge in [-0.25, -0.2) is 0 Å². The van der Waals surface area contributed by atoms with Gasteiger partial charge in [-0.05, 0) is 31.2 Å². The maximum atomic E-state index is 12.4. The highest BCUT2D eigenvalue weighted by molar-refractivity contribution is 5.96. The van der Waals surface area contributed by atoms with Gasteiger partial charge in [0.15, 0.2) is 5.78 Å². The molecule has 0 radical (unpaired) electrons. The summed E-state index contributed by atoms with van der Waals surface area (Å²) in [7, 11) is 0. The summed E-state index contributed by atoms with van der Waals surface area (Å²) >= 11 is 0. The number of ketones is 1. The van der Waals surface area contributed by atoms with E-state index in [9.17, 15) is 19.2 Å². The number of Topliss-reactive ketones (excluding diaryl/α,β-unsaturated/α-hetero) is 1. The Hall–Kier alpha value is -2.70. The molecule has 1 aliphatic heterocycles. The van der Waals surface area contributed by atoms with Crippen LogP contribution in [0, 0.1) is 0 Å². The van der Waals surface area contributed by atoms with Crippen LogP contribution in [-0.4, -0.2) is 66.0 Å². The van der Waals surface area contributed by atoms with Crippen LogP contribution >= 0.6 is 0 Å². The zero-order chi connectivity index (χ0) is 19.3. The van der Waals surface area contributed by atoms with Gasteiger partial charge in [-0.15, -0.1) is 0 Å². The summed E-state index contributed by atoms with van der Waals surface area (Å²) in [6.07, 6.45) is 0.216. The Morgan fingerprint density at radius 3 is 1.88 bits per heavy atom. The minimum atomic E-state index is -0.158. The van der Waals surface area contributed by atoms with Crippen LogP contribution < -0.4 is 4.90 Å². The largest absolute Gasteiger partial charge is 0.339 e. The fourth-order valence-corrected chi connectivity index (χ4v) is 2.98. The van der Waals surface area contributed by atoms with E-state index in [1.54, 1.807) is 34.1 Å². The monoisotopic (exact) mass is 359 g/mol. The molecule has 0 aliphatic carbocycles. The molecular formula is C19H25N3O4. The predicted molar refractivity (Wildman–Crippen MR) is 97.9 cm³/mol. The van der Waals surface area contributed by atoms with Crippen LogP contribution in [0.15, 0.2) is 24.3 Å². The molecule has 140 valence electrons. The van der Waals surface area contributed by atoms with Crippen LogP contribution in [0.1, 0.15) is 37.6 Å². The minimum absolute atomic E-state index is 0.0221. The first-order chi connectivity index (χ1) is 12.3. The van der Waals surface area contributed by atoms with Crippen molar-refractivity contribution in [3.63, 3.8) is 0 Å². The molecule has 0 saturated carbocycles. The molecule has 26 heavy (non-hydrogen) atoms. The Morgan fingerprint density at radius 2 is 1.42 bits per heavy atom. The van der Waals surface area contributed by atoms with Crippen molar-refractivity contribution in [1.82, 2.24) is 9.80 Å². The Kier molecular flexibility index (Phi) is 6.49. The highest BCUT2D eigenvalue weighted by Gasteiger charge is 2.23. The quantitative estimate of drug-likeness (QED) is 0.743. The van der Waals surface area contributed by atoms with Crippen molar-refractivity contribution in [3.8, 4) is 0 Å². The first kappa shape index (κ1) is 19.6. The van der Waals surface area contributed by atoms with Crippen LogP contribution in [0.4, 0.5) is 5.69 Å². The predicted octanol–water partition coefficient (Wildman–Crippen LogP) is 1.32. The van der Waals surface area contributed by atoms with Gasteiger partial charge in [0.1, 0.15) is 0 Å². The van der Waals surface area contributed by atoms with Crippen LogP contribution in [0.5, 0.6) is 0 Å². The lowest BCUT2D eigenvalue weighted by atomic mass is 10.1. The van der Waals surface area contributed by atoms with Crippen molar-refractivity contribution < 1.29 is 19.2 Å². The summed E-state index contributed by atoms with van der Waals surface area (Å²) in [6.45, 7) is 6.88. The van der Waals surface area contributed by atoms with Crippen molar-refractivity contribution in [2.75, 3.05) is 37.6 Å². The van der Waals surface area contributed by atoms with Crippen LogP contribution in [0.2, 0.25) is 0 Å². The third kappa shape index (κ3) is 4.91. The van der Waals surface area contributed by atoms with Crippen molar-refractivity contribution in [2.24, 2.45) is 0 Å². The molecule has 0 bridgehead atoms. The lowest BCUT2D eigenvalue weighted by Crippen LogP contribution is -2.50. The Balaban J connectivity index is 1.94. The van der Waals surface area contributed by atoms with Gasteiger partial charge in [0.05, 0.1) is 0 Å². The van der Waals surface area contributed by atoms with Gasteiger partial charge in [0.2, 0.25) is 17.7 Å². The van der Waals surface area contributed by atoms with Gasteiger partial charge in [-0.1, -0.05) is 0 Å². The Morgan fingerprint density at radius 1 is 0.885 bits per heavy atom. The van der Waals surface area contributed by atoms with Gasteiger partial charge in [0, 0.05) is 64.2 Å². The molecule has 0 N–H and O–H groups in total. The van der Waals surface area contributed by atoms with E-state index in [0.29, 0.717) is 37.4 Å². The first-order valence-electron chi connectivity index (χ1n) is 8.72. The van der Waals surface area contributed by atoms with E-state index in [-0.39, 0.29) is 36.5 Å². The second-order valence-electron chi connectivity index (χ2n) is 6.41. The number of amides is 3. The second kappa shape index (κ2) is 8.60. The van der Waals surface area contributed by atoms with Gasteiger partial charge in [-0.3, -0.25) is 19.2 Å². The standard InChI is InChI=1S/C19H25N3O4/c1-14(23)17-4-6-18(7-5-17)22(16(3)25)9-8-19(26)21-12-10-20(11-13-21)15(2)24/h4-7H,8-13H2,1-3H3. The first-order valence-corrected chi connectivity index (χ1v) is 8.72. The topological polar surface area (TPSA) is 78.0 Å². The van der Waals surface area contributed by atoms with E-state index >= 15 is 0 Å². The van der Waals surface area contributed by atoms with Crippen molar-refractivity contribution in [2.45, 2.75) is 27.2 Å². The molecule has 1 aliphatic rings. The zero-order valence-corrected chi connectivity index (χ0v) is 15.5. The number of hydrogen-bond donors (Lipinski definition) is 0. The summed E-state index contributed by atoms with van der Waals surface area (Å²) in [6, 6.07) is 6.79. The number of hydrogen-bond acceptors (Lipinski definition) is 4. The number of piperazine rings is 1. The molecular weight excluding hydrogens is 334 g/mol. The van der Waals surface area contributed by atoms with Crippen molar-refractivity contribution >= 4 is 29.2 Å². The summed E-state index contributed by atoms with van der Waals surface area (Å²) in [4.78, 5) is 52.1. The highest BCUT2D eigenvalue weighted by Crippen LogP contribution is 2.17. The molecule has 1 aromatic carbocycles. The summed E-state index contributed by atoms with van der Waals surface area (Å²) < 4.78 is 0. The average Bonchev–Trinajstić information content (AvgIpc) is 2.62. The van der Waals surface area contributed by atoms with Crippen molar-refractivity contribution in [3.05, 3.63) is 29.8 Å². The molecule has 7 heteroatoms. The molecule has 1 aromatic rings. The van der Waals surface area contributed by atoms with E-state index in [1.165, 1.54) is 25.7 Å². The maximum absolute atomic E-state index is 12.4. The van der Waals surface area contributed by atoms with Gasteiger partial charge >= 0.3 is 0 Å². The molecule has 7 nitrogen and oxygen atoms in total. The SMILES string of the molecule is CC(=O)c1ccc(N(CCC(=O)N2CCN(C(C)=O)CC2)C(C)=O)cc1. The Bertz CT molecular complexity index is 691. The molecule has 0 aromatic heterocycles. The molecule has 1 fully saturated rings. The normalized spacial score (nSPS) is 14.1. The molecule has 2 rings (SSSR count). The Labute approximate surface area is 153 Å². The maximum Gasteiger partial charge on any atom is 0.224 e. The fourth-order valence-electron chi connectivity index (χ4n) is 2.98. The number of rotatable bonds is 5. The molecule has 0 spiro atoms. The molecule has 0 unspecified atom stereocenters.